The van der Waals surface area contributed by atoms with Gasteiger partial charge in [0.1, 0.15) is 17.1 Å². The maximum absolute atomic E-state index is 16.6. The van der Waals surface area contributed by atoms with Gasteiger partial charge in [-0.2, -0.15) is 9.97 Å². The van der Waals surface area contributed by atoms with Crippen molar-refractivity contribution < 1.29 is 24.1 Å². The van der Waals surface area contributed by atoms with Gasteiger partial charge in [0.25, 0.3) is 0 Å². The number of phenolic OH excluding ortho intramolecular Hbond substituents is 1. The molecule has 4 aromatic rings. The molecule has 9 nitrogen and oxygen atoms in total. The first-order valence-corrected chi connectivity index (χ1v) is 14.6. The lowest BCUT2D eigenvalue weighted by Gasteiger charge is -2.41. The molecule has 1 amide bonds. The van der Waals surface area contributed by atoms with E-state index in [9.17, 15) is 15.0 Å². The Hall–Kier alpha value is -4.18. The standard InChI is InChI=1S/C32H34FN5O4/c1-36(2)27-12-7-19(27)17-42-31-34-29-25(30(35-31)37-15-20-8-9-21(16-37)38(20)32(40)41)11-10-24(28(29)33)26-14-22(39)13-18-5-3-4-6-23(18)26/h3-6,10-11,13-14,19-21,27,39H,7-9,12,15-17H2,1-2H3,(H,40,41). The average Bonchev–Trinajstić information content (AvgIpc) is 3.22. The zero-order chi connectivity index (χ0) is 29.1. The first kappa shape index (κ1) is 26.7. The van der Waals surface area contributed by atoms with Gasteiger partial charge in [0.2, 0.25) is 0 Å². The number of rotatable bonds is 6. The van der Waals surface area contributed by atoms with Crippen molar-refractivity contribution in [3.05, 3.63) is 54.3 Å². The van der Waals surface area contributed by atoms with Crippen LogP contribution in [0.3, 0.4) is 0 Å². The van der Waals surface area contributed by atoms with Gasteiger partial charge in [-0.3, -0.25) is 4.90 Å². The molecule has 2 bridgehead atoms. The van der Waals surface area contributed by atoms with E-state index >= 15 is 4.39 Å². The summed E-state index contributed by atoms with van der Waals surface area (Å²) in [4.78, 5) is 27.1. The van der Waals surface area contributed by atoms with Crippen LogP contribution in [0.1, 0.15) is 25.7 Å². The van der Waals surface area contributed by atoms with Gasteiger partial charge in [-0.15, -0.1) is 0 Å². The van der Waals surface area contributed by atoms with Crippen molar-refractivity contribution in [1.29, 1.82) is 0 Å². The Morgan fingerprint density at radius 2 is 1.76 bits per heavy atom. The van der Waals surface area contributed by atoms with Crippen LogP contribution in [0.4, 0.5) is 15.0 Å². The quantitative estimate of drug-likeness (QED) is 0.320. The van der Waals surface area contributed by atoms with Gasteiger partial charge in [-0.25, -0.2) is 9.18 Å². The summed E-state index contributed by atoms with van der Waals surface area (Å²) < 4.78 is 22.7. The minimum atomic E-state index is -0.899. The Labute approximate surface area is 243 Å². The van der Waals surface area contributed by atoms with Crippen molar-refractivity contribution in [3.8, 4) is 22.9 Å². The topological polar surface area (TPSA) is 102 Å². The van der Waals surface area contributed by atoms with Gasteiger partial charge in [0.15, 0.2) is 5.82 Å². The number of carbonyl (C=O) groups is 1. The first-order chi connectivity index (χ1) is 20.3. The summed E-state index contributed by atoms with van der Waals surface area (Å²) in [7, 11) is 4.13. The van der Waals surface area contributed by atoms with Gasteiger partial charge in [0.05, 0.1) is 18.7 Å². The molecule has 0 radical (unpaired) electrons. The molecule has 3 aliphatic rings. The highest BCUT2D eigenvalue weighted by Crippen LogP contribution is 2.40. The molecule has 2 saturated heterocycles. The second-order valence-electron chi connectivity index (χ2n) is 12.0. The van der Waals surface area contributed by atoms with Crippen molar-refractivity contribution in [1.82, 2.24) is 19.8 Å². The predicted octanol–water partition coefficient (Wildman–Crippen LogP) is 5.34. The average molecular weight is 572 g/mol. The Kier molecular flexibility index (Phi) is 6.53. The second-order valence-corrected chi connectivity index (χ2v) is 12.0. The molecule has 4 unspecified atom stereocenters. The van der Waals surface area contributed by atoms with Crippen LogP contribution in [0, 0.1) is 11.7 Å². The maximum Gasteiger partial charge on any atom is 0.407 e. The van der Waals surface area contributed by atoms with Crippen LogP contribution in [0.25, 0.3) is 32.8 Å². The molecule has 10 heteroatoms. The number of amides is 1. The number of aromatic nitrogens is 2. The van der Waals surface area contributed by atoms with Crippen LogP contribution < -0.4 is 9.64 Å². The van der Waals surface area contributed by atoms with Gasteiger partial charge in [-0.1, -0.05) is 30.3 Å². The van der Waals surface area contributed by atoms with E-state index in [2.05, 4.69) is 28.9 Å². The number of ether oxygens (including phenoxy) is 1. The number of aromatic hydroxyl groups is 1. The van der Waals surface area contributed by atoms with Crippen LogP contribution in [0.2, 0.25) is 0 Å². The number of benzene rings is 3. The zero-order valence-corrected chi connectivity index (χ0v) is 23.7. The molecule has 3 fully saturated rings. The third-order valence-electron chi connectivity index (χ3n) is 9.37. The monoisotopic (exact) mass is 571 g/mol. The molecule has 2 N–H and O–H groups in total. The van der Waals surface area contributed by atoms with Gasteiger partial charge in [0, 0.05) is 36.0 Å². The summed E-state index contributed by atoms with van der Waals surface area (Å²) in [5.41, 5.74) is 1.04. The van der Waals surface area contributed by atoms with E-state index in [1.54, 1.807) is 23.1 Å². The van der Waals surface area contributed by atoms with E-state index in [0.29, 0.717) is 54.0 Å². The van der Waals surface area contributed by atoms with Crippen molar-refractivity contribution in [2.75, 3.05) is 38.7 Å². The number of fused-ring (bicyclic) bond motifs is 4. The zero-order valence-electron chi connectivity index (χ0n) is 23.7. The number of carboxylic acid groups (broad SMARTS) is 1. The highest BCUT2D eigenvalue weighted by Gasteiger charge is 2.43. The molecule has 1 saturated carbocycles. The second kappa shape index (κ2) is 10.3. The molecule has 0 spiro atoms. The van der Waals surface area contributed by atoms with E-state index in [-0.39, 0.29) is 29.4 Å². The Morgan fingerprint density at radius 1 is 1.00 bits per heavy atom. The third kappa shape index (κ3) is 4.45. The number of piperazine rings is 1. The van der Waals surface area contributed by atoms with Gasteiger partial charge < -0.3 is 24.7 Å². The Balaban J connectivity index is 1.32. The molecule has 1 aromatic heterocycles. The van der Waals surface area contributed by atoms with E-state index in [0.717, 1.165) is 36.5 Å². The maximum atomic E-state index is 16.6. The highest BCUT2D eigenvalue weighted by molar-refractivity contribution is 6.01. The molecule has 4 atom stereocenters. The number of hydrogen-bond acceptors (Lipinski definition) is 7. The smallest absolute Gasteiger partial charge is 0.407 e. The predicted molar refractivity (Wildman–Crippen MR) is 159 cm³/mol. The van der Waals surface area contributed by atoms with Crippen molar-refractivity contribution in [3.63, 3.8) is 0 Å². The number of nitrogens with zero attached hydrogens (tertiary/aromatic N) is 5. The molecule has 3 aromatic carbocycles. The summed E-state index contributed by atoms with van der Waals surface area (Å²) in [6.07, 6.45) is 2.83. The lowest BCUT2D eigenvalue weighted by atomic mass is 9.79. The van der Waals surface area contributed by atoms with Crippen molar-refractivity contribution in [2.45, 2.75) is 43.8 Å². The SMILES string of the molecule is CN(C)C1CCC1COc1nc(N2CC3CCC(C2)N3C(=O)O)c2ccc(-c3cc(O)cc4ccccc34)c(F)c2n1. The van der Waals surface area contributed by atoms with E-state index < -0.39 is 11.9 Å². The third-order valence-corrected chi connectivity index (χ3v) is 9.37. The largest absolute Gasteiger partial charge is 0.508 e. The fourth-order valence-electron chi connectivity index (χ4n) is 7.15. The van der Waals surface area contributed by atoms with Crippen LogP contribution >= 0.6 is 0 Å². The molecule has 3 heterocycles. The molecule has 1 aliphatic carbocycles. The molecular weight excluding hydrogens is 537 g/mol. The number of halogens is 1. The number of anilines is 1. The van der Waals surface area contributed by atoms with E-state index in [1.165, 1.54) is 0 Å². The minimum absolute atomic E-state index is 0.0540. The lowest BCUT2D eigenvalue weighted by molar-refractivity contribution is 0.0612. The van der Waals surface area contributed by atoms with Crippen molar-refractivity contribution in [2.24, 2.45) is 5.92 Å². The summed E-state index contributed by atoms with van der Waals surface area (Å²) >= 11 is 0. The molecule has 218 valence electrons. The lowest BCUT2D eigenvalue weighted by Crippen LogP contribution is -2.55. The fraction of sp³-hybridized carbons (Fsp3) is 0.406. The van der Waals surface area contributed by atoms with E-state index in [1.807, 2.05) is 30.3 Å². The minimum Gasteiger partial charge on any atom is -0.508 e. The molecule has 7 rings (SSSR count). The highest BCUT2D eigenvalue weighted by atomic mass is 19.1. The Morgan fingerprint density at radius 3 is 2.45 bits per heavy atom. The molecule has 42 heavy (non-hydrogen) atoms. The van der Waals surface area contributed by atoms with Gasteiger partial charge in [-0.05, 0) is 74.3 Å². The van der Waals surface area contributed by atoms with Crippen LogP contribution in [0.15, 0.2) is 48.5 Å². The van der Waals surface area contributed by atoms with Crippen LogP contribution in [-0.2, 0) is 0 Å². The van der Waals surface area contributed by atoms with Gasteiger partial charge >= 0.3 is 12.1 Å². The fourth-order valence-corrected chi connectivity index (χ4v) is 7.15. The summed E-state index contributed by atoms with van der Waals surface area (Å²) in [6, 6.07) is 14.6. The van der Waals surface area contributed by atoms with Crippen LogP contribution in [-0.4, -0.2) is 88.0 Å². The number of hydrogen-bond donors (Lipinski definition) is 2. The summed E-state index contributed by atoms with van der Waals surface area (Å²) in [6.45, 7) is 1.38. The summed E-state index contributed by atoms with van der Waals surface area (Å²) in [5.74, 6) is 0.436. The Bertz CT molecular complexity index is 1680. The molecular formula is C32H34FN5O4. The van der Waals surface area contributed by atoms with Crippen molar-refractivity contribution >= 4 is 33.6 Å². The first-order valence-electron chi connectivity index (χ1n) is 14.6. The van der Waals surface area contributed by atoms with Crippen LogP contribution in [0.5, 0.6) is 11.8 Å². The molecule has 2 aliphatic heterocycles. The summed E-state index contributed by atoms with van der Waals surface area (Å²) in [5, 5.41) is 22.4. The normalized spacial score (nSPS) is 23.5. The van der Waals surface area contributed by atoms with E-state index in [4.69, 9.17) is 9.72 Å². The number of phenols is 1.